The second-order valence-corrected chi connectivity index (χ2v) is 8.31. The van der Waals surface area contributed by atoms with Crippen LogP contribution < -0.4 is 10.6 Å². The average Bonchev–Trinajstić information content (AvgIpc) is 2.89. The van der Waals surface area contributed by atoms with E-state index in [4.69, 9.17) is 4.74 Å². The Labute approximate surface area is 212 Å². The molecule has 1 aliphatic heterocycles. The van der Waals surface area contributed by atoms with E-state index in [1.54, 1.807) is 6.92 Å². The number of carbonyl (C=O) groups is 1. The smallest absolute Gasteiger partial charge is 0.420 e. The molecule has 0 aliphatic carbocycles. The predicted octanol–water partition coefficient (Wildman–Crippen LogP) is 4.00. The number of halogens is 3. The fraction of sp³-hybridized carbons (Fsp3) is 0.346. The monoisotopic (exact) mass is 510 g/mol. The topological polar surface area (TPSA) is 102 Å². The van der Waals surface area contributed by atoms with Gasteiger partial charge in [-0.2, -0.15) is 13.2 Å². The Bertz CT molecular complexity index is 1300. The number of alkyl halides is 3. The molecule has 0 unspecified atom stereocenters. The van der Waals surface area contributed by atoms with Crippen LogP contribution in [0.3, 0.4) is 0 Å². The lowest BCUT2D eigenvalue weighted by Gasteiger charge is -2.23. The van der Waals surface area contributed by atoms with E-state index in [0.29, 0.717) is 17.8 Å². The van der Waals surface area contributed by atoms with Gasteiger partial charge in [0.05, 0.1) is 18.7 Å². The van der Waals surface area contributed by atoms with Gasteiger partial charge >= 0.3 is 12.1 Å². The standard InChI is InChI=1S/C26H25F3N6O2/c1-2-37-24(36)15-23-22(31-13-14-32-23)8-7-21-20(26(27,28)29)16-33-25(35-21)34-19-5-3-17(4-6-19)18-9-11-30-12-10-18/h3-6,13-14,16,18,30H,2,9-12,15H2,1H3,(H,33,34,35). The number of nitrogens with zero attached hydrogens (tertiary/aromatic N) is 4. The summed E-state index contributed by atoms with van der Waals surface area (Å²) in [7, 11) is 0. The number of carbonyl (C=O) groups excluding carboxylic acids is 1. The first-order valence-corrected chi connectivity index (χ1v) is 11.8. The third-order valence-corrected chi connectivity index (χ3v) is 5.76. The van der Waals surface area contributed by atoms with Crippen LogP contribution in [0.2, 0.25) is 0 Å². The summed E-state index contributed by atoms with van der Waals surface area (Å²) in [6.45, 7) is 3.81. The van der Waals surface area contributed by atoms with Gasteiger partial charge in [-0.3, -0.25) is 9.78 Å². The lowest BCUT2D eigenvalue weighted by Crippen LogP contribution is -2.26. The van der Waals surface area contributed by atoms with Crippen LogP contribution in [0.4, 0.5) is 24.8 Å². The summed E-state index contributed by atoms with van der Waals surface area (Å²) in [6.07, 6.45) is 0.595. The van der Waals surface area contributed by atoms with Crippen LogP contribution in [0, 0.1) is 11.8 Å². The van der Waals surface area contributed by atoms with Crippen molar-refractivity contribution in [3.05, 3.63) is 71.1 Å². The van der Waals surface area contributed by atoms with Crippen molar-refractivity contribution in [3.8, 4) is 11.8 Å². The van der Waals surface area contributed by atoms with Crippen LogP contribution in [0.25, 0.3) is 0 Å². The molecule has 8 nitrogen and oxygen atoms in total. The number of rotatable bonds is 6. The minimum absolute atomic E-state index is 0.0298. The van der Waals surface area contributed by atoms with Crippen LogP contribution in [0.15, 0.2) is 42.9 Å². The molecule has 1 saturated heterocycles. The Morgan fingerprint density at radius 1 is 1.08 bits per heavy atom. The Hall–Kier alpha value is -4.04. The molecule has 2 aromatic heterocycles. The number of nitrogens with one attached hydrogen (secondary N) is 2. The highest BCUT2D eigenvalue weighted by Crippen LogP contribution is 2.31. The van der Waals surface area contributed by atoms with Crippen LogP contribution in [-0.2, 0) is 22.1 Å². The first kappa shape index (κ1) is 26.0. The molecule has 0 radical (unpaired) electrons. The van der Waals surface area contributed by atoms with E-state index in [0.717, 1.165) is 25.9 Å². The summed E-state index contributed by atoms with van der Waals surface area (Å²) < 4.78 is 45.8. The lowest BCUT2D eigenvalue weighted by atomic mass is 9.90. The molecule has 1 aromatic carbocycles. The van der Waals surface area contributed by atoms with E-state index < -0.39 is 23.4 Å². The SMILES string of the molecule is CCOC(=O)Cc1nccnc1C#Cc1nc(Nc2ccc(C3CCNCC3)cc2)ncc1C(F)(F)F. The summed E-state index contributed by atoms with van der Waals surface area (Å²) in [6, 6.07) is 7.71. The number of benzene rings is 1. The zero-order valence-electron chi connectivity index (χ0n) is 20.1. The van der Waals surface area contributed by atoms with Crippen molar-refractivity contribution in [2.24, 2.45) is 0 Å². The number of esters is 1. The second kappa shape index (κ2) is 11.8. The van der Waals surface area contributed by atoms with Gasteiger partial charge in [0, 0.05) is 24.3 Å². The molecule has 11 heteroatoms. The van der Waals surface area contributed by atoms with Crippen molar-refractivity contribution < 1.29 is 22.7 Å². The van der Waals surface area contributed by atoms with E-state index in [1.165, 1.54) is 18.0 Å². The first-order chi connectivity index (χ1) is 17.8. The third-order valence-electron chi connectivity index (χ3n) is 5.76. The van der Waals surface area contributed by atoms with E-state index in [1.807, 2.05) is 24.3 Å². The highest BCUT2D eigenvalue weighted by Gasteiger charge is 2.35. The van der Waals surface area contributed by atoms with Crippen LogP contribution >= 0.6 is 0 Å². The van der Waals surface area contributed by atoms with Crippen molar-refractivity contribution in [1.29, 1.82) is 0 Å². The zero-order chi connectivity index (χ0) is 26.3. The van der Waals surface area contributed by atoms with E-state index in [2.05, 4.69) is 42.4 Å². The van der Waals surface area contributed by atoms with Crippen LogP contribution in [-0.4, -0.2) is 45.6 Å². The van der Waals surface area contributed by atoms with Gasteiger partial charge in [-0.15, -0.1) is 0 Å². The number of ether oxygens (including phenoxy) is 1. The highest BCUT2D eigenvalue weighted by molar-refractivity contribution is 5.72. The number of aromatic nitrogens is 4. The van der Waals surface area contributed by atoms with Gasteiger partial charge in [0.25, 0.3) is 0 Å². The molecule has 3 aromatic rings. The summed E-state index contributed by atoms with van der Waals surface area (Å²) in [5, 5.41) is 6.28. The molecule has 192 valence electrons. The maximum absolute atomic E-state index is 13.6. The van der Waals surface area contributed by atoms with Gasteiger partial charge in [0.1, 0.15) is 17.0 Å². The summed E-state index contributed by atoms with van der Waals surface area (Å²) in [5.74, 6) is 4.92. The quantitative estimate of drug-likeness (QED) is 0.379. The normalized spacial score (nSPS) is 13.9. The Balaban J connectivity index is 1.58. The lowest BCUT2D eigenvalue weighted by molar-refractivity contribution is -0.142. The first-order valence-electron chi connectivity index (χ1n) is 11.8. The molecule has 4 rings (SSSR count). The van der Waals surface area contributed by atoms with Gasteiger partial charge in [-0.25, -0.2) is 15.0 Å². The summed E-state index contributed by atoms with van der Waals surface area (Å²) in [5.41, 5.74) is 0.511. The van der Waals surface area contributed by atoms with E-state index in [9.17, 15) is 18.0 Å². The fourth-order valence-electron chi connectivity index (χ4n) is 3.94. The van der Waals surface area contributed by atoms with Gasteiger partial charge in [0.2, 0.25) is 5.95 Å². The maximum atomic E-state index is 13.6. The zero-order valence-corrected chi connectivity index (χ0v) is 20.1. The summed E-state index contributed by atoms with van der Waals surface area (Å²) >= 11 is 0. The Kier molecular flexibility index (Phi) is 8.30. The molecule has 3 heterocycles. The minimum atomic E-state index is -4.71. The fourth-order valence-corrected chi connectivity index (χ4v) is 3.94. The molecule has 0 atom stereocenters. The van der Waals surface area contributed by atoms with Gasteiger partial charge in [-0.1, -0.05) is 12.1 Å². The number of hydrogen-bond acceptors (Lipinski definition) is 8. The van der Waals surface area contributed by atoms with Crippen molar-refractivity contribution in [2.75, 3.05) is 25.0 Å². The third kappa shape index (κ3) is 7.01. The number of hydrogen-bond donors (Lipinski definition) is 2. The molecule has 0 amide bonds. The van der Waals surface area contributed by atoms with Gasteiger partial charge < -0.3 is 15.4 Å². The van der Waals surface area contributed by atoms with Crippen molar-refractivity contribution in [2.45, 2.75) is 38.3 Å². The molecule has 0 spiro atoms. The summed E-state index contributed by atoms with van der Waals surface area (Å²) in [4.78, 5) is 27.8. The molecular weight excluding hydrogens is 485 g/mol. The highest BCUT2D eigenvalue weighted by atomic mass is 19.4. The second-order valence-electron chi connectivity index (χ2n) is 8.31. The predicted molar refractivity (Wildman–Crippen MR) is 130 cm³/mol. The van der Waals surface area contributed by atoms with Gasteiger partial charge in [-0.05, 0) is 68.3 Å². The van der Waals surface area contributed by atoms with Crippen molar-refractivity contribution in [3.63, 3.8) is 0 Å². The molecule has 2 N–H and O–H groups in total. The number of piperidine rings is 1. The Morgan fingerprint density at radius 2 is 1.78 bits per heavy atom. The molecule has 0 bridgehead atoms. The maximum Gasteiger partial charge on any atom is 0.420 e. The Morgan fingerprint density at radius 3 is 2.49 bits per heavy atom. The minimum Gasteiger partial charge on any atom is -0.466 e. The van der Waals surface area contributed by atoms with E-state index >= 15 is 0 Å². The largest absolute Gasteiger partial charge is 0.466 e. The van der Waals surface area contributed by atoms with Crippen LogP contribution in [0.1, 0.15) is 53.9 Å². The average molecular weight is 511 g/mol. The molecule has 0 saturated carbocycles. The molecule has 37 heavy (non-hydrogen) atoms. The van der Waals surface area contributed by atoms with Crippen molar-refractivity contribution >= 4 is 17.6 Å². The van der Waals surface area contributed by atoms with Crippen molar-refractivity contribution in [1.82, 2.24) is 25.3 Å². The molecular formula is C26H25F3N6O2. The van der Waals surface area contributed by atoms with Crippen LogP contribution in [0.5, 0.6) is 0 Å². The number of anilines is 2. The molecule has 1 fully saturated rings. The van der Waals surface area contributed by atoms with E-state index in [-0.39, 0.29) is 30.4 Å². The molecule has 1 aliphatic rings. The van der Waals surface area contributed by atoms with Gasteiger partial charge in [0.15, 0.2) is 0 Å².